The standard InChI is InChI=1S/C16H16F6N2O2/c17-15(18,19)10-3-1-2-9(4-10)11(5-25)23-12(26)24-14-6-13(7-14,8-14)16(20,21)22/h1-4,11,25H,5-8H2,(H2,23,24,26). The molecule has 0 saturated heterocycles. The topological polar surface area (TPSA) is 61.4 Å². The summed E-state index contributed by atoms with van der Waals surface area (Å²) in [7, 11) is 0. The number of nitrogens with one attached hydrogen (secondary N) is 2. The SMILES string of the molecule is O=C(NC(CO)c1cccc(C(F)(F)F)c1)NC12CC(C(F)(F)F)(C1)C2. The third kappa shape index (κ3) is 3.10. The summed E-state index contributed by atoms with van der Waals surface area (Å²) >= 11 is 0. The minimum atomic E-state index is -4.57. The maximum atomic E-state index is 12.8. The lowest BCUT2D eigenvalue weighted by Gasteiger charge is -2.70. The molecule has 0 radical (unpaired) electrons. The van der Waals surface area contributed by atoms with Crippen LogP contribution in [0.15, 0.2) is 24.3 Å². The number of urea groups is 1. The van der Waals surface area contributed by atoms with Crippen LogP contribution in [-0.4, -0.2) is 29.5 Å². The smallest absolute Gasteiger partial charge is 0.394 e. The average Bonchev–Trinajstić information content (AvgIpc) is 2.45. The number of carbonyl (C=O) groups is 1. The van der Waals surface area contributed by atoms with E-state index in [1.807, 2.05) is 0 Å². The monoisotopic (exact) mass is 382 g/mol. The van der Waals surface area contributed by atoms with Crippen LogP contribution < -0.4 is 10.6 Å². The number of aliphatic hydroxyl groups excluding tert-OH is 1. The first kappa shape index (κ1) is 18.8. The van der Waals surface area contributed by atoms with Gasteiger partial charge in [0.25, 0.3) is 0 Å². The van der Waals surface area contributed by atoms with E-state index < -0.39 is 47.5 Å². The number of hydrogen-bond acceptors (Lipinski definition) is 2. The summed E-state index contributed by atoms with van der Waals surface area (Å²) in [6, 6.07) is 2.19. The van der Waals surface area contributed by atoms with Gasteiger partial charge in [-0.05, 0) is 37.0 Å². The summed E-state index contributed by atoms with van der Waals surface area (Å²) < 4.78 is 76.7. The van der Waals surface area contributed by atoms with E-state index in [1.165, 1.54) is 6.07 Å². The molecule has 1 aromatic rings. The lowest BCUT2D eigenvalue weighted by Crippen LogP contribution is -2.79. The van der Waals surface area contributed by atoms with Gasteiger partial charge in [0.15, 0.2) is 0 Å². The van der Waals surface area contributed by atoms with Gasteiger partial charge >= 0.3 is 18.4 Å². The lowest BCUT2D eigenvalue weighted by molar-refractivity contribution is -0.336. The Bertz CT molecular complexity index is 696. The minimum Gasteiger partial charge on any atom is -0.394 e. The predicted molar refractivity (Wildman–Crippen MR) is 78.0 cm³/mol. The summed E-state index contributed by atoms with van der Waals surface area (Å²) in [6.07, 6.45) is -9.49. The van der Waals surface area contributed by atoms with Crippen LogP contribution >= 0.6 is 0 Å². The molecule has 1 unspecified atom stereocenters. The number of carbonyl (C=O) groups excluding carboxylic acids is 1. The Labute approximate surface area is 144 Å². The summed E-state index contributed by atoms with van der Waals surface area (Å²) in [6.45, 7) is -0.659. The normalized spacial score (nSPS) is 28.6. The molecule has 0 heterocycles. The molecule has 3 fully saturated rings. The van der Waals surface area contributed by atoms with Gasteiger partial charge in [0, 0.05) is 5.54 Å². The van der Waals surface area contributed by atoms with Crippen LogP contribution in [-0.2, 0) is 6.18 Å². The molecule has 0 aromatic heterocycles. The molecule has 3 aliphatic carbocycles. The predicted octanol–water partition coefficient (Wildman–Crippen LogP) is 3.52. The third-order valence-electron chi connectivity index (χ3n) is 5.11. The zero-order valence-electron chi connectivity index (χ0n) is 13.3. The van der Waals surface area contributed by atoms with Gasteiger partial charge in [-0.15, -0.1) is 0 Å². The van der Waals surface area contributed by atoms with E-state index in [-0.39, 0.29) is 24.8 Å². The van der Waals surface area contributed by atoms with Crippen molar-refractivity contribution in [1.29, 1.82) is 0 Å². The van der Waals surface area contributed by atoms with Crippen molar-refractivity contribution in [3.05, 3.63) is 35.4 Å². The van der Waals surface area contributed by atoms with Gasteiger partial charge in [-0.3, -0.25) is 0 Å². The summed E-state index contributed by atoms with van der Waals surface area (Å²) in [4.78, 5) is 12.0. The Balaban J connectivity index is 1.61. The zero-order chi connectivity index (χ0) is 19.4. The average molecular weight is 382 g/mol. The van der Waals surface area contributed by atoms with Crippen LogP contribution in [0.1, 0.15) is 36.4 Å². The Morgan fingerprint density at radius 2 is 1.77 bits per heavy atom. The maximum absolute atomic E-state index is 12.8. The Morgan fingerprint density at radius 1 is 1.15 bits per heavy atom. The molecule has 144 valence electrons. The molecule has 26 heavy (non-hydrogen) atoms. The van der Waals surface area contributed by atoms with E-state index in [9.17, 15) is 36.2 Å². The van der Waals surface area contributed by atoms with Crippen LogP contribution in [0, 0.1) is 5.41 Å². The third-order valence-corrected chi connectivity index (χ3v) is 5.11. The van der Waals surface area contributed by atoms with E-state index in [4.69, 9.17) is 0 Å². The number of alkyl halides is 6. The van der Waals surface area contributed by atoms with Crippen molar-refractivity contribution < 1.29 is 36.2 Å². The van der Waals surface area contributed by atoms with Crippen LogP contribution in [0.3, 0.4) is 0 Å². The molecular formula is C16H16F6N2O2. The molecule has 2 amide bonds. The van der Waals surface area contributed by atoms with Crippen molar-refractivity contribution in [3.63, 3.8) is 0 Å². The highest BCUT2D eigenvalue weighted by atomic mass is 19.4. The fourth-order valence-electron chi connectivity index (χ4n) is 3.82. The molecule has 0 spiro atoms. The van der Waals surface area contributed by atoms with Crippen molar-refractivity contribution >= 4 is 6.03 Å². The van der Waals surface area contributed by atoms with Crippen molar-refractivity contribution in [2.45, 2.75) is 43.2 Å². The number of rotatable bonds is 4. The van der Waals surface area contributed by atoms with E-state index in [1.54, 1.807) is 0 Å². The van der Waals surface area contributed by atoms with E-state index in [2.05, 4.69) is 10.6 Å². The second kappa shape index (κ2) is 5.77. The number of benzene rings is 1. The summed E-state index contributed by atoms with van der Waals surface area (Å²) in [5.41, 5.74) is -3.53. The first-order valence-corrected chi connectivity index (χ1v) is 7.83. The molecule has 10 heteroatoms. The molecule has 3 aliphatic rings. The molecule has 1 aromatic carbocycles. The van der Waals surface area contributed by atoms with Gasteiger partial charge in [-0.1, -0.05) is 12.1 Å². The van der Waals surface area contributed by atoms with Crippen molar-refractivity contribution in [1.82, 2.24) is 10.6 Å². The molecule has 4 rings (SSSR count). The summed E-state index contributed by atoms with van der Waals surface area (Å²) in [5, 5.41) is 14.1. The van der Waals surface area contributed by atoms with E-state index >= 15 is 0 Å². The number of halogens is 6. The Kier molecular flexibility index (Phi) is 4.17. The molecule has 1 atom stereocenters. The van der Waals surface area contributed by atoms with Gasteiger partial charge in [0.1, 0.15) is 0 Å². The molecule has 3 saturated carbocycles. The van der Waals surface area contributed by atoms with Gasteiger partial charge in [0.2, 0.25) is 0 Å². The maximum Gasteiger partial charge on any atom is 0.416 e. The minimum absolute atomic E-state index is 0.0434. The van der Waals surface area contributed by atoms with Crippen LogP contribution in [0.4, 0.5) is 31.1 Å². The highest BCUT2D eigenvalue weighted by Gasteiger charge is 2.79. The first-order valence-electron chi connectivity index (χ1n) is 7.83. The van der Waals surface area contributed by atoms with Crippen molar-refractivity contribution in [3.8, 4) is 0 Å². The van der Waals surface area contributed by atoms with Crippen LogP contribution in [0.2, 0.25) is 0 Å². The van der Waals surface area contributed by atoms with Crippen molar-refractivity contribution in [2.24, 2.45) is 5.41 Å². The summed E-state index contributed by atoms with van der Waals surface area (Å²) in [5.74, 6) is 0. The second-order valence-electron chi connectivity index (χ2n) is 7.05. The molecule has 3 N–H and O–H groups in total. The Morgan fingerprint density at radius 3 is 2.27 bits per heavy atom. The highest BCUT2D eigenvalue weighted by molar-refractivity contribution is 5.76. The van der Waals surface area contributed by atoms with E-state index in [0.29, 0.717) is 0 Å². The Hall–Kier alpha value is -1.97. The number of amides is 2. The number of aliphatic hydroxyl groups is 1. The van der Waals surface area contributed by atoms with Gasteiger partial charge < -0.3 is 15.7 Å². The van der Waals surface area contributed by atoms with Gasteiger partial charge in [-0.25, -0.2) is 4.79 Å². The zero-order valence-corrected chi connectivity index (χ0v) is 13.3. The second-order valence-corrected chi connectivity index (χ2v) is 7.05. The number of hydrogen-bond donors (Lipinski definition) is 3. The fraction of sp³-hybridized carbons (Fsp3) is 0.562. The first-order chi connectivity index (χ1) is 11.9. The van der Waals surface area contributed by atoms with E-state index in [0.717, 1.165) is 18.2 Å². The van der Waals surface area contributed by atoms with Crippen LogP contribution in [0.25, 0.3) is 0 Å². The van der Waals surface area contributed by atoms with Crippen molar-refractivity contribution in [2.75, 3.05) is 6.61 Å². The van der Waals surface area contributed by atoms with Gasteiger partial charge in [0.05, 0.1) is 23.6 Å². The fourth-order valence-corrected chi connectivity index (χ4v) is 3.82. The van der Waals surface area contributed by atoms with Crippen LogP contribution in [0.5, 0.6) is 0 Å². The molecule has 2 bridgehead atoms. The molecular weight excluding hydrogens is 366 g/mol. The molecule has 4 nitrogen and oxygen atoms in total. The highest BCUT2D eigenvalue weighted by Crippen LogP contribution is 2.73. The van der Waals surface area contributed by atoms with Gasteiger partial charge in [-0.2, -0.15) is 26.3 Å². The quantitative estimate of drug-likeness (QED) is 0.698. The molecule has 0 aliphatic heterocycles. The largest absolute Gasteiger partial charge is 0.416 e. The lowest BCUT2D eigenvalue weighted by atomic mass is 9.39.